The summed E-state index contributed by atoms with van der Waals surface area (Å²) in [6.45, 7) is 0.737. The third-order valence-corrected chi connectivity index (χ3v) is 6.70. The summed E-state index contributed by atoms with van der Waals surface area (Å²) in [7, 11) is -0.617. The number of nitrogens with two attached hydrogens (primary N) is 1. The van der Waals surface area contributed by atoms with E-state index in [0.717, 1.165) is 24.6 Å². The molecule has 0 aliphatic heterocycles. The molecule has 17 heavy (non-hydrogen) atoms. The molecule has 2 aliphatic rings. The minimum absolute atomic E-state index is 0.406. The van der Waals surface area contributed by atoms with Crippen LogP contribution < -0.4 is 5.73 Å². The molecule has 0 heterocycles. The van der Waals surface area contributed by atoms with Crippen molar-refractivity contribution in [1.82, 2.24) is 0 Å². The molecule has 0 saturated heterocycles. The van der Waals surface area contributed by atoms with Gasteiger partial charge in [-0.15, -0.1) is 0 Å². The lowest BCUT2D eigenvalue weighted by Gasteiger charge is -2.24. The van der Waals surface area contributed by atoms with Gasteiger partial charge in [0.15, 0.2) is 0 Å². The molecule has 0 aromatic carbocycles. The zero-order chi connectivity index (χ0) is 12.1. The van der Waals surface area contributed by atoms with E-state index >= 15 is 0 Å². The van der Waals surface area contributed by atoms with Gasteiger partial charge in [0.2, 0.25) is 0 Å². The Hall–Kier alpha value is 0.110. The molecule has 100 valence electrons. The van der Waals surface area contributed by atoms with Crippen molar-refractivity contribution in [2.24, 2.45) is 17.6 Å². The Kier molecular flexibility index (Phi) is 5.49. The van der Waals surface area contributed by atoms with Gasteiger partial charge in [-0.05, 0) is 44.1 Å². The summed E-state index contributed by atoms with van der Waals surface area (Å²) >= 11 is 0. The standard InChI is InChI=1S/C14H27NOS/c15-10-13-8-2-1-3-9-14(13)17(16)11-12-6-4-5-7-12/h12-14H,1-11,15H2. The first-order chi connectivity index (χ1) is 8.31. The summed E-state index contributed by atoms with van der Waals surface area (Å²) in [4.78, 5) is 0. The second-order valence-corrected chi connectivity index (χ2v) is 7.57. The molecule has 2 aliphatic carbocycles. The van der Waals surface area contributed by atoms with E-state index in [9.17, 15) is 4.21 Å². The molecule has 0 spiro atoms. The van der Waals surface area contributed by atoms with Crippen LogP contribution in [-0.4, -0.2) is 21.8 Å². The van der Waals surface area contributed by atoms with Crippen LogP contribution in [0, 0.1) is 11.8 Å². The number of hydrogen-bond acceptors (Lipinski definition) is 2. The van der Waals surface area contributed by atoms with Crippen molar-refractivity contribution in [2.45, 2.75) is 63.0 Å². The van der Waals surface area contributed by atoms with Crippen LogP contribution in [0.25, 0.3) is 0 Å². The van der Waals surface area contributed by atoms with Crippen LogP contribution in [0.3, 0.4) is 0 Å². The lowest BCUT2D eigenvalue weighted by Crippen LogP contribution is -2.33. The van der Waals surface area contributed by atoms with Gasteiger partial charge in [-0.3, -0.25) is 4.21 Å². The Morgan fingerprint density at radius 3 is 2.29 bits per heavy atom. The van der Waals surface area contributed by atoms with Crippen LogP contribution in [0.1, 0.15) is 57.8 Å². The van der Waals surface area contributed by atoms with Gasteiger partial charge >= 0.3 is 0 Å². The molecular formula is C14H27NOS. The van der Waals surface area contributed by atoms with Crippen molar-refractivity contribution in [3.05, 3.63) is 0 Å². The SMILES string of the molecule is NCC1CCCCCC1S(=O)CC1CCCC1. The Morgan fingerprint density at radius 1 is 0.941 bits per heavy atom. The average Bonchev–Trinajstić information content (AvgIpc) is 2.71. The van der Waals surface area contributed by atoms with Gasteiger partial charge in [-0.25, -0.2) is 0 Å². The molecule has 3 heteroatoms. The molecule has 0 bridgehead atoms. The van der Waals surface area contributed by atoms with E-state index in [0.29, 0.717) is 11.2 Å². The van der Waals surface area contributed by atoms with Gasteiger partial charge in [0.1, 0.15) is 0 Å². The summed E-state index contributed by atoms with van der Waals surface area (Å²) in [5.41, 5.74) is 5.87. The fraction of sp³-hybridized carbons (Fsp3) is 1.00. The van der Waals surface area contributed by atoms with Gasteiger partial charge in [0, 0.05) is 21.8 Å². The molecule has 0 aromatic rings. The highest BCUT2D eigenvalue weighted by Crippen LogP contribution is 2.30. The zero-order valence-corrected chi connectivity index (χ0v) is 11.7. The summed E-state index contributed by atoms with van der Waals surface area (Å²) < 4.78 is 12.5. The molecule has 2 N–H and O–H groups in total. The van der Waals surface area contributed by atoms with E-state index in [-0.39, 0.29) is 0 Å². The molecule has 0 radical (unpaired) electrons. The maximum atomic E-state index is 12.5. The van der Waals surface area contributed by atoms with Crippen LogP contribution in [0.4, 0.5) is 0 Å². The van der Waals surface area contributed by atoms with Crippen LogP contribution in [0.15, 0.2) is 0 Å². The average molecular weight is 257 g/mol. The van der Waals surface area contributed by atoms with E-state index in [1.807, 2.05) is 0 Å². The molecule has 3 unspecified atom stereocenters. The van der Waals surface area contributed by atoms with Crippen molar-refractivity contribution < 1.29 is 4.21 Å². The Labute approximate surface area is 108 Å². The molecular weight excluding hydrogens is 230 g/mol. The minimum Gasteiger partial charge on any atom is -0.330 e. The normalized spacial score (nSPS) is 33.5. The largest absolute Gasteiger partial charge is 0.330 e. The van der Waals surface area contributed by atoms with Crippen LogP contribution in [-0.2, 0) is 10.8 Å². The highest BCUT2D eigenvalue weighted by Gasteiger charge is 2.29. The van der Waals surface area contributed by atoms with Crippen LogP contribution in [0.2, 0.25) is 0 Å². The van der Waals surface area contributed by atoms with E-state index in [4.69, 9.17) is 5.73 Å². The smallest absolute Gasteiger partial charge is 0.0388 e. The lowest BCUT2D eigenvalue weighted by molar-refractivity contribution is 0.470. The van der Waals surface area contributed by atoms with E-state index in [2.05, 4.69) is 0 Å². The monoisotopic (exact) mass is 257 g/mol. The van der Waals surface area contributed by atoms with Gasteiger partial charge in [0.05, 0.1) is 0 Å². The Balaban J connectivity index is 1.89. The lowest BCUT2D eigenvalue weighted by atomic mass is 10.0. The van der Waals surface area contributed by atoms with E-state index < -0.39 is 10.8 Å². The molecule has 2 nitrogen and oxygen atoms in total. The fourth-order valence-electron chi connectivity index (χ4n) is 3.50. The molecule has 2 saturated carbocycles. The predicted octanol–water partition coefficient (Wildman–Crippen LogP) is 2.83. The van der Waals surface area contributed by atoms with Crippen molar-refractivity contribution in [2.75, 3.05) is 12.3 Å². The molecule has 2 rings (SSSR count). The molecule has 0 amide bonds. The topological polar surface area (TPSA) is 43.1 Å². The summed E-state index contributed by atoms with van der Waals surface area (Å²) in [5, 5.41) is 0.406. The first kappa shape index (κ1) is 13.5. The Bertz CT molecular complexity index is 251. The van der Waals surface area contributed by atoms with Crippen LogP contribution in [0.5, 0.6) is 0 Å². The van der Waals surface area contributed by atoms with Gasteiger partial charge in [-0.1, -0.05) is 32.1 Å². The van der Waals surface area contributed by atoms with Crippen molar-refractivity contribution in [1.29, 1.82) is 0 Å². The molecule has 0 aromatic heterocycles. The summed E-state index contributed by atoms with van der Waals surface area (Å²) in [6.07, 6.45) is 11.6. The summed E-state index contributed by atoms with van der Waals surface area (Å²) in [6, 6.07) is 0. The van der Waals surface area contributed by atoms with E-state index in [1.165, 1.54) is 51.4 Å². The number of hydrogen-bond donors (Lipinski definition) is 1. The van der Waals surface area contributed by atoms with Gasteiger partial charge in [0.25, 0.3) is 0 Å². The van der Waals surface area contributed by atoms with Gasteiger partial charge in [-0.2, -0.15) is 0 Å². The number of rotatable bonds is 4. The van der Waals surface area contributed by atoms with E-state index in [1.54, 1.807) is 0 Å². The minimum atomic E-state index is -0.617. The second kappa shape index (κ2) is 6.89. The summed E-state index contributed by atoms with van der Waals surface area (Å²) in [5.74, 6) is 2.23. The molecule has 2 fully saturated rings. The predicted molar refractivity (Wildman–Crippen MR) is 74.4 cm³/mol. The maximum absolute atomic E-state index is 12.5. The zero-order valence-electron chi connectivity index (χ0n) is 10.9. The quantitative estimate of drug-likeness (QED) is 0.787. The van der Waals surface area contributed by atoms with Crippen molar-refractivity contribution in [3.8, 4) is 0 Å². The first-order valence-corrected chi connectivity index (χ1v) is 8.76. The van der Waals surface area contributed by atoms with Crippen LogP contribution >= 0.6 is 0 Å². The fourth-order valence-corrected chi connectivity index (χ4v) is 5.65. The Morgan fingerprint density at radius 2 is 1.59 bits per heavy atom. The van der Waals surface area contributed by atoms with Crippen molar-refractivity contribution >= 4 is 10.8 Å². The first-order valence-electron chi connectivity index (χ1n) is 7.38. The maximum Gasteiger partial charge on any atom is 0.0388 e. The highest BCUT2D eigenvalue weighted by atomic mass is 32.2. The third-order valence-electron chi connectivity index (χ3n) is 4.60. The molecule has 3 atom stereocenters. The van der Waals surface area contributed by atoms with Gasteiger partial charge < -0.3 is 5.73 Å². The highest BCUT2D eigenvalue weighted by molar-refractivity contribution is 7.85. The van der Waals surface area contributed by atoms with Crippen molar-refractivity contribution in [3.63, 3.8) is 0 Å². The third kappa shape index (κ3) is 3.78. The second-order valence-electron chi connectivity index (χ2n) is 5.87.